The molecule has 1 aliphatic rings. The SMILES string of the molecule is CCCC(N)C(=O)N1CCOC(Cn2cccn2)C1.Cl. The van der Waals surface area contributed by atoms with Crippen molar-refractivity contribution in [2.24, 2.45) is 5.73 Å². The lowest BCUT2D eigenvalue weighted by Gasteiger charge is -2.34. The molecule has 0 radical (unpaired) electrons. The number of carbonyl (C=O) groups is 1. The molecule has 1 aromatic rings. The fourth-order valence-corrected chi connectivity index (χ4v) is 2.32. The minimum atomic E-state index is -0.381. The third-order valence-corrected chi connectivity index (χ3v) is 3.32. The second-order valence-electron chi connectivity index (χ2n) is 4.90. The molecule has 1 aliphatic heterocycles. The van der Waals surface area contributed by atoms with Gasteiger partial charge in [-0.3, -0.25) is 9.48 Å². The van der Waals surface area contributed by atoms with E-state index >= 15 is 0 Å². The summed E-state index contributed by atoms with van der Waals surface area (Å²) >= 11 is 0. The number of nitrogens with two attached hydrogens (primary N) is 1. The van der Waals surface area contributed by atoms with Crippen molar-refractivity contribution in [3.63, 3.8) is 0 Å². The monoisotopic (exact) mass is 302 g/mol. The van der Waals surface area contributed by atoms with E-state index in [-0.39, 0.29) is 30.5 Å². The van der Waals surface area contributed by atoms with Crippen LogP contribution in [-0.2, 0) is 16.1 Å². The Labute approximate surface area is 125 Å². The molecule has 1 aromatic heterocycles. The molecule has 0 aromatic carbocycles. The Morgan fingerprint density at radius 1 is 1.60 bits per heavy atom. The van der Waals surface area contributed by atoms with E-state index in [9.17, 15) is 4.79 Å². The minimum absolute atomic E-state index is 0. The van der Waals surface area contributed by atoms with Crippen molar-refractivity contribution in [3.8, 4) is 0 Å². The smallest absolute Gasteiger partial charge is 0.239 e. The van der Waals surface area contributed by atoms with Gasteiger partial charge in [-0.25, -0.2) is 0 Å². The third kappa shape index (κ3) is 4.47. The van der Waals surface area contributed by atoms with Crippen LogP contribution in [-0.4, -0.2) is 52.4 Å². The van der Waals surface area contributed by atoms with Crippen LogP contribution in [0.3, 0.4) is 0 Å². The standard InChI is InChI=1S/C13H22N4O2.ClH/c1-2-4-12(14)13(18)16-7-8-19-11(9-16)10-17-6-3-5-15-17;/h3,5-6,11-12H,2,4,7-10,14H2,1H3;1H. The number of rotatable bonds is 5. The quantitative estimate of drug-likeness (QED) is 0.867. The first-order valence-corrected chi connectivity index (χ1v) is 6.84. The number of morpholine rings is 1. The van der Waals surface area contributed by atoms with Crippen LogP contribution in [0.15, 0.2) is 18.5 Å². The second kappa shape index (κ2) is 8.24. The van der Waals surface area contributed by atoms with E-state index < -0.39 is 0 Å². The van der Waals surface area contributed by atoms with Crippen LogP contribution >= 0.6 is 12.4 Å². The average molecular weight is 303 g/mol. The average Bonchev–Trinajstić information content (AvgIpc) is 2.91. The van der Waals surface area contributed by atoms with Gasteiger partial charge >= 0.3 is 0 Å². The van der Waals surface area contributed by atoms with E-state index in [1.54, 1.807) is 6.20 Å². The normalized spacial score (nSPS) is 20.3. The van der Waals surface area contributed by atoms with Gasteiger partial charge in [-0.1, -0.05) is 13.3 Å². The molecule has 2 atom stereocenters. The molecular weight excluding hydrogens is 280 g/mol. The van der Waals surface area contributed by atoms with Crippen LogP contribution in [0.25, 0.3) is 0 Å². The molecule has 0 saturated carbocycles. The van der Waals surface area contributed by atoms with Crippen LogP contribution < -0.4 is 5.73 Å². The predicted octanol–water partition coefficient (Wildman–Crippen LogP) is 0.660. The lowest BCUT2D eigenvalue weighted by Crippen LogP contribution is -2.52. The van der Waals surface area contributed by atoms with Gasteiger partial charge in [-0.2, -0.15) is 5.10 Å². The molecule has 6 nitrogen and oxygen atoms in total. The summed E-state index contributed by atoms with van der Waals surface area (Å²) in [4.78, 5) is 14.0. The number of aromatic nitrogens is 2. The van der Waals surface area contributed by atoms with Crippen LogP contribution in [0.4, 0.5) is 0 Å². The van der Waals surface area contributed by atoms with Gasteiger partial charge < -0.3 is 15.4 Å². The molecule has 0 spiro atoms. The lowest BCUT2D eigenvalue weighted by atomic mass is 10.1. The number of amides is 1. The zero-order valence-electron chi connectivity index (χ0n) is 11.8. The third-order valence-electron chi connectivity index (χ3n) is 3.32. The number of hydrogen-bond acceptors (Lipinski definition) is 4. The minimum Gasteiger partial charge on any atom is -0.373 e. The highest BCUT2D eigenvalue weighted by molar-refractivity contribution is 5.85. The molecule has 1 amide bonds. The number of hydrogen-bond donors (Lipinski definition) is 1. The molecule has 1 fully saturated rings. The number of halogens is 1. The van der Waals surface area contributed by atoms with Crippen molar-refractivity contribution in [2.45, 2.75) is 38.5 Å². The van der Waals surface area contributed by atoms with Crippen LogP contribution in [0.5, 0.6) is 0 Å². The Kier molecular flexibility index (Phi) is 6.98. The Balaban J connectivity index is 0.00000200. The summed E-state index contributed by atoms with van der Waals surface area (Å²) in [5.74, 6) is 0.0376. The van der Waals surface area contributed by atoms with Gasteiger partial charge in [0.25, 0.3) is 0 Å². The zero-order chi connectivity index (χ0) is 13.7. The summed E-state index contributed by atoms with van der Waals surface area (Å²) < 4.78 is 7.50. The van der Waals surface area contributed by atoms with E-state index in [0.717, 1.165) is 12.8 Å². The molecule has 1 saturated heterocycles. The Bertz CT molecular complexity index is 399. The first-order valence-electron chi connectivity index (χ1n) is 6.84. The summed E-state index contributed by atoms with van der Waals surface area (Å²) in [6, 6.07) is 1.50. The van der Waals surface area contributed by atoms with Gasteiger partial charge in [-0.05, 0) is 12.5 Å². The summed E-state index contributed by atoms with van der Waals surface area (Å²) in [5.41, 5.74) is 5.89. The number of ether oxygens (including phenoxy) is 1. The molecule has 2 unspecified atom stereocenters. The maximum atomic E-state index is 12.2. The Hall–Kier alpha value is -1.11. The van der Waals surface area contributed by atoms with Crippen molar-refractivity contribution in [2.75, 3.05) is 19.7 Å². The number of nitrogens with zero attached hydrogens (tertiary/aromatic N) is 3. The Morgan fingerprint density at radius 3 is 3.05 bits per heavy atom. The van der Waals surface area contributed by atoms with E-state index in [1.807, 2.05) is 28.8 Å². The van der Waals surface area contributed by atoms with Gasteiger partial charge in [0.2, 0.25) is 5.91 Å². The molecule has 114 valence electrons. The van der Waals surface area contributed by atoms with Gasteiger partial charge in [0.05, 0.1) is 25.3 Å². The largest absolute Gasteiger partial charge is 0.373 e. The summed E-state index contributed by atoms with van der Waals surface area (Å²) in [5, 5.41) is 4.15. The second-order valence-corrected chi connectivity index (χ2v) is 4.90. The lowest BCUT2D eigenvalue weighted by molar-refractivity contribution is -0.140. The molecule has 0 bridgehead atoms. The van der Waals surface area contributed by atoms with E-state index in [2.05, 4.69) is 5.10 Å². The highest BCUT2D eigenvalue weighted by atomic mass is 35.5. The molecule has 20 heavy (non-hydrogen) atoms. The summed E-state index contributed by atoms with van der Waals surface area (Å²) in [6.45, 7) is 4.49. The van der Waals surface area contributed by atoms with Crippen LogP contribution in [0, 0.1) is 0 Å². The highest BCUT2D eigenvalue weighted by Gasteiger charge is 2.27. The molecule has 2 N–H and O–H groups in total. The maximum absolute atomic E-state index is 12.2. The molecular formula is C13H23ClN4O2. The van der Waals surface area contributed by atoms with Crippen molar-refractivity contribution in [1.82, 2.24) is 14.7 Å². The summed E-state index contributed by atoms with van der Waals surface area (Å²) in [7, 11) is 0. The van der Waals surface area contributed by atoms with Gasteiger partial charge in [-0.15, -0.1) is 12.4 Å². The molecule has 7 heteroatoms. The zero-order valence-corrected chi connectivity index (χ0v) is 12.6. The first kappa shape index (κ1) is 16.9. The van der Waals surface area contributed by atoms with Gasteiger partial charge in [0.15, 0.2) is 0 Å². The van der Waals surface area contributed by atoms with Crippen molar-refractivity contribution in [1.29, 1.82) is 0 Å². The van der Waals surface area contributed by atoms with Crippen LogP contribution in [0.1, 0.15) is 19.8 Å². The topological polar surface area (TPSA) is 73.4 Å². The fourth-order valence-electron chi connectivity index (χ4n) is 2.32. The van der Waals surface area contributed by atoms with E-state index in [1.165, 1.54) is 0 Å². The molecule has 2 rings (SSSR count). The first-order chi connectivity index (χ1) is 9.20. The molecule has 2 heterocycles. The molecule has 0 aliphatic carbocycles. The van der Waals surface area contributed by atoms with Crippen LogP contribution in [0.2, 0.25) is 0 Å². The van der Waals surface area contributed by atoms with Gasteiger partial charge in [0.1, 0.15) is 0 Å². The van der Waals surface area contributed by atoms with E-state index in [0.29, 0.717) is 26.2 Å². The summed E-state index contributed by atoms with van der Waals surface area (Å²) in [6.07, 6.45) is 5.29. The Morgan fingerprint density at radius 2 is 2.40 bits per heavy atom. The number of carbonyl (C=O) groups excluding carboxylic acids is 1. The van der Waals surface area contributed by atoms with E-state index in [4.69, 9.17) is 10.5 Å². The van der Waals surface area contributed by atoms with Gasteiger partial charge in [0, 0.05) is 25.5 Å². The predicted molar refractivity (Wildman–Crippen MR) is 78.7 cm³/mol. The van der Waals surface area contributed by atoms with Crippen molar-refractivity contribution >= 4 is 18.3 Å². The van der Waals surface area contributed by atoms with Crippen molar-refractivity contribution in [3.05, 3.63) is 18.5 Å². The fraction of sp³-hybridized carbons (Fsp3) is 0.692. The highest BCUT2D eigenvalue weighted by Crippen LogP contribution is 2.10. The maximum Gasteiger partial charge on any atom is 0.239 e. The van der Waals surface area contributed by atoms with Crippen molar-refractivity contribution < 1.29 is 9.53 Å².